The van der Waals surface area contributed by atoms with Crippen LogP contribution in [-0.4, -0.2) is 10.7 Å². The first-order valence-corrected chi connectivity index (χ1v) is 13.0. The molecule has 0 aliphatic carbocycles. The second kappa shape index (κ2) is 7.73. The van der Waals surface area contributed by atoms with Crippen molar-refractivity contribution in [1.82, 2.24) is 0 Å². The third kappa shape index (κ3) is 3.83. The second-order valence-electron chi connectivity index (χ2n) is 17.3. The highest BCUT2D eigenvalue weighted by atomic mass is 16.3. The molecule has 194 valence electrons. The van der Waals surface area contributed by atoms with Gasteiger partial charge in [0.2, 0.25) is 0 Å². The number of hydrogen-bond donors (Lipinski definition) is 1. The van der Waals surface area contributed by atoms with Gasteiger partial charge in [-0.15, -0.1) is 0 Å². The Labute approximate surface area is 204 Å². The lowest BCUT2D eigenvalue weighted by Crippen LogP contribution is -2.73. The monoisotopic (exact) mass is 452 g/mol. The first-order valence-electron chi connectivity index (χ1n) is 13.0. The second-order valence-corrected chi connectivity index (χ2v) is 17.3. The van der Waals surface area contributed by atoms with Crippen molar-refractivity contribution >= 4 is 0 Å². The molecule has 0 saturated carbocycles. The Hall–Kier alpha value is -0.0400. The lowest BCUT2D eigenvalue weighted by Gasteiger charge is -2.73. The molecule has 0 aliphatic rings. The van der Waals surface area contributed by atoms with E-state index in [0.29, 0.717) is 0 Å². The molecule has 0 fully saturated rings. The molecular formula is C31H64O. The standard InChI is InChI=1S/C31H64O/c1-22(2,3)26(13,14)31(32,25(10,11)12)29(19,20)27(15,16)28(17,18)30(21,23(4,5)6)24(7,8)9/h32H,1-21H3. The molecule has 1 heteroatoms. The quantitative estimate of drug-likeness (QED) is 0.440. The van der Waals surface area contributed by atoms with Crippen LogP contribution in [0.25, 0.3) is 0 Å². The van der Waals surface area contributed by atoms with Crippen molar-refractivity contribution in [3.63, 3.8) is 0 Å². The molecular weight excluding hydrogens is 388 g/mol. The summed E-state index contributed by atoms with van der Waals surface area (Å²) in [5, 5.41) is 13.1. The Kier molecular flexibility index (Phi) is 7.72. The molecule has 1 atom stereocenters. The lowest BCUT2D eigenvalue weighted by atomic mass is 9.32. The van der Waals surface area contributed by atoms with Crippen LogP contribution in [0.2, 0.25) is 0 Å². The molecule has 0 aliphatic heterocycles. The molecule has 0 rings (SSSR count). The maximum absolute atomic E-state index is 13.1. The number of aliphatic hydroxyl groups is 1. The predicted octanol–water partition coefficient (Wildman–Crippen LogP) is 10.0. The van der Waals surface area contributed by atoms with Crippen molar-refractivity contribution in [1.29, 1.82) is 0 Å². The first kappa shape index (κ1) is 32.0. The van der Waals surface area contributed by atoms with Crippen LogP contribution in [0.15, 0.2) is 0 Å². The van der Waals surface area contributed by atoms with E-state index in [9.17, 15) is 5.11 Å². The highest BCUT2D eigenvalue weighted by Gasteiger charge is 2.72. The molecule has 1 unspecified atom stereocenters. The average Bonchev–Trinajstić information content (AvgIpc) is 2.47. The van der Waals surface area contributed by atoms with E-state index in [0.717, 1.165) is 0 Å². The van der Waals surface area contributed by atoms with Crippen LogP contribution >= 0.6 is 0 Å². The van der Waals surface area contributed by atoms with Crippen LogP contribution in [0.4, 0.5) is 0 Å². The molecule has 0 aromatic heterocycles. The van der Waals surface area contributed by atoms with E-state index in [2.05, 4.69) is 145 Å². The van der Waals surface area contributed by atoms with Gasteiger partial charge in [0.15, 0.2) is 0 Å². The Balaban J connectivity index is 7.56. The summed E-state index contributed by atoms with van der Waals surface area (Å²) in [5.74, 6) is 0. The molecule has 0 bridgehead atoms. The third-order valence-electron chi connectivity index (χ3n) is 12.1. The summed E-state index contributed by atoms with van der Waals surface area (Å²) in [7, 11) is 0. The normalized spacial score (nSPS) is 18.6. The summed E-state index contributed by atoms with van der Waals surface area (Å²) < 4.78 is 0. The minimum atomic E-state index is -0.928. The maximum atomic E-state index is 13.1. The van der Waals surface area contributed by atoms with Gasteiger partial charge in [0.05, 0.1) is 5.60 Å². The van der Waals surface area contributed by atoms with Gasteiger partial charge in [-0.25, -0.2) is 0 Å². The maximum Gasteiger partial charge on any atom is 0.0807 e. The molecule has 1 N–H and O–H groups in total. The largest absolute Gasteiger partial charge is 0.388 e. The van der Waals surface area contributed by atoms with E-state index >= 15 is 0 Å². The van der Waals surface area contributed by atoms with Crippen LogP contribution in [0.3, 0.4) is 0 Å². The third-order valence-corrected chi connectivity index (χ3v) is 12.1. The summed E-state index contributed by atoms with van der Waals surface area (Å²) in [4.78, 5) is 0. The van der Waals surface area contributed by atoms with E-state index in [1.165, 1.54) is 0 Å². The van der Waals surface area contributed by atoms with E-state index in [1.807, 2.05) is 0 Å². The van der Waals surface area contributed by atoms with Gasteiger partial charge in [-0.1, -0.05) is 145 Å². The molecule has 0 aromatic carbocycles. The zero-order valence-electron chi connectivity index (χ0n) is 26.4. The smallest absolute Gasteiger partial charge is 0.0807 e. The van der Waals surface area contributed by atoms with Crippen molar-refractivity contribution in [2.75, 3.05) is 0 Å². The molecule has 0 radical (unpaired) electrons. The number of hydrogen-bond acceptors (Lipinski definition) is 1. The van der Waals surface area contributed by atoms with Crippen LogP contribution in [-0.2, 0) is 0 Å². The van der Waals surface area contributed by atoms with Gasteiger partial charge in [0.1, 0.15) is 0 Å². The molecule has 0 aromatic rings. The summed E-state index contributed by atoms with van der Waals surface area (Å²) in [6, 6.07) is 0. The Morgan fingerprint density at radius 3 is 0.750 bits per heavy atom. The van der Waals surface area contributed by atoms with Gasteiger partial charge in [-0.2, -0.15) is 0 Å². The van der Waals surface area contributed by atoms with Gasteiger partial charge >= 0.3 is 0 Å². The molecule has 1 nitrogen and oxygen atoms in total. The number of rotatable bonds is 5. The van der Waals surface area contributed by atoms with Crippen molar-refractivity contribution in [2.45, 2.75) is 151 Å². The van der Waals surface area contributed by atoms with E-state index < -0.39 is 11.0 Å². The first-order chi connectivity index (χ1) is 13.2. The Morgan fingerprint density at radius 1 is 0.281 bits per heavy atom. The molecule has 32 heavy (non-hydrogen) atoms. The molecule has 0 saturated heterocycles. The Bertz CT molecular complexity index is 645. The predicted molar refractivity (Wildman–Crippen MR) is 146 cm³/mol. The van der Waals surface area contributed by atoms with Crippen molar-refractivity contribution in [2.24, 2.45) is 48.7 Å². The molecule has 0 heterocycles. The van der Waals surface area contributed by atoms with Gasteiger partial charge < -0.3 is 5.11 Å². The summed E-state index contributed by atoms with van der Waals surface area (Å²) in [6.07, 6.45) is 0. The van der Waals surface area contributed by atoms with Crippen LogP contribution in [0.5, 0.6) is 0 Å². The highest BCUT2D eigenvalue weighted by Crippen LogP contribution is 2.74. The van der Waals surface area contributed by atoms with Crippen LogP contribution in [0, 0.1) is 48.7 Å². The lowest BCUT2D eigenvalue weighted by molar-refractivity contribution is -0.303. The summed E-state index contributed by atoms with van der Waals surface area (Å²) in [5.41, 5.74) is -2.13. The van der Waals surface area contributed by atoms with Crippen molar-refractivity contribution < 1.29 is 5.11 Å². The average molecular weight is 453 g/mol. The van der Waals surface area contributed by atoms with Crippen molar-refractivity contribution in [3.8, 4) is 0 Å². The van der Waals surface area contributed by atoms with Gasteiger partial charge in [0, 0.05) is 5.41 Å². The van der Waals surface area contributed by atoms with Gasteiger partial charge in [-0.05, 0) is 43.3 Å². The van der Waals surface area contributed by atoms with E-state index in [4.69, 9.17) is 0 Å². The Morgan fingerprint density at radius 2 is 0.562 bits per heavy atom. The fourth-order valence-corrected chi connectivity index (χ4v) is 8.06. The fraction of sp³-hybridized carbons (Fsp3) is 1.00. The molecule has 0 spiro atoms. The van der Waals surface area contributed by atoms with E-state index in [1.54, 1.807) is 0 Å². The van der Waals surface area contributed by atoms with Crippen molar-refractivity contribution in [3.05, 3.63) is 0 Å². The topological polar surface area (TPSA) is 20.2 Å². The van der Waals surface area contributed by atoms with Crippen LogP contribution in [0.1, 0.15) is 145 Å². The minimum Gasteiger partial charge on any atom is -0.388 e. The van der Waals surface area contributed by atoms with Gasteiger partial charge in [0.25, 0.3) is 0 Å². The summed E-state index contributed by atoms with van der Waals surface area (Å²) in [6.45, 7) is 49.5. The highest BCUT2D eigenvalue weighted by molar-refractivity contribution is 5.20. The zero-order valence-corrected chi connectivity index (χ0v) is 26.4. The van der Waals surface area contributed by atoms with Gasteiger partial charge in [-0.3, -0.25) is 0 Å². The van der Waals surface area contributed by atoms with E-state index in [-0.39, 0.29) is 43.3 Å². The fourth-order valence-electron chi connectivity index (χ4n) is 8.06. The SMILES string of the molecule is CC(C)(C)C(C)(C)C(O)(C(C)(C)C)C(C)(C)C(C)(C)C(C)(C)C(C)(C(C)(C)C)C(C)(C)C. The minimum absolute atomic E-state index is 0.00155. The zero-order chi connectivity index (χ0) is 27.0. The molecule has 0 amide bonds. The summed E-state index contributed by atoms with van der Waals surface area (Å²) >= 11 is 0. The van der Waals surface area contributed by atoms with Crippen LogP contribution < -0.4 is 0 Å².